The van der Waals surface area contributed by atoms with Crippen molar-refractivity contribution in [2.45, 2.75) is 18.9 Å². The van der Waals surface area contributed by atoms with Crippen LogP contribution in [0.4, 0.5) is 15.5 Å². The van der Waals surface area contributed by atoms with Crippen LogP contribution in [0.3, 0.4) is 0 Å². The largest absolute Gasteiger partial charge is 0.348 e. The van der Waals surface area contributed by atoms with Crippen LogP contribution in [0, 0.1) is 10.1 Å². The smallest absolute Gasteiger partial charge is 0.324 e. The molecule has 1 aliphatic rings. The molecule has 26 heavy (non-hydrogen) atoms. The highest BCUT2D eigenvalue weighted by atomic mass is 32.1. The molecule has 1 aliphatic heterocycles. The molecule has 0 atom stereocenters. The first-order valence-electron chi connectivity index (χ1n) is 8.19. The third-order valence-corrected chi connectivity index (χ3v) is 5.17. The quantitative estimate of drug-likeness (QED) is 0.634. The molecule has 0 unspecified atom stereocenters. The van der Waals surface area contributed by atoms with Gasteiger partial charge in [0.25, 0.3) is 5.91 Å². The van der Waals surface area contributed by atoms with Crippen LogP contribution < -0.4 is 10.6 Å². The summed E-state index contributed by atoms with van der Waals surface area (Å²) in [5.41, 5.74) is 0.743. The summed E-state index contributed by atoms with van der Waals surface area (Å²) >= 11 is 0.859. The number of piperidine rings is 1. The van der Waals surface area contributed by atoms with Crippen molar-refractivity contribution in [2.24, 2.45) is 0 Å². The molecule has 3 amide bonds. The van der Waals surface area contributed by atoms with E-state index in [1.165, 1.54) is 12.1 Å². The number of anilines is 1. The molecular weight excluding hydrogens is 356 g/mol. The van der Waals surface area contributed by atoms with Gasteiger partial charge < -0.3 is 15.5 Å². The van der Waals surface area contributed by atoms with Gasteiger partial charge in [0, 0.05) is 30.9 Å². The zero-order chi connectivity index (χ0) is 18.5. The Hall–Kier alpha value is -2.94. The molecule has 2 N–H and O–H groups in total. The minimum Gasteiger partial charge on any atom is -0.348 e. The number of benzene rings is 1. The minimum absolute atomic E-state index is 0.0515. The summed E-state index contributed by atoms with van der Waals surface area (Å²) < 4.78 is 0. The lowest BCUT2D eigenvalue weighted by Gasteiger charge is -2.32. The summed E-state index contributed by atoms with van der Waals surface area (Å²) in [6.07, 6.45) is 1.28. The van der Waals surface area contributed by atoms with E-state index in [0.29, 0.717) is 30.8 Å². The van der Waals surface area contributed by atoms with Crippen LogP contribution in [0.5, 0.6) is 0 Å². The lowest BCUT2D eigenvalue weighted by atomic mass is 10.1. The van der Waals surface area contributed by atoms with E-state index in [1.54, 1.807) is 4.90 Å². The van der Waals surface area contributed by atoms with Gasteiger partial charge >= 0.3 is 11.0 Å². The highest BCUT2D eigenvalue weighted by molar-refractivity contribution is 7.17. The number of hydrogen-bond donors (Lipinski definition) is 2. The number of nitrogens with zero attached hydrogens (tertiary/aromatic N) is 2. The van der Waals surface area contributed by atoms with Crippen molar-refractivity contribution in [3.8, 4) is 0 Å². The molecule has 0 saturated carbocycles. The maximum absolute atomic E-state index is 12.2. The van der Waals surface area contributed by atoms with E-state index in [2.05, 4.69) is 10.6 Å². The summed E-state index contributed by atoms with van der Waals surface area (Å²) in [4.78, 5) is 36.7. The molecule has 1 aromatic heterocycles. The van der Waals surface area contributed by atoms with Gasteiger partial charge in [-0.05, 0) is 31.0 Å². The van der Waals surface area contributed by atoms with Crippen molar-refractivity contribution in [2.75, 3.05) is 18.4 Å². The van der Waals surface area contributed by atoms with Crippen molar-refractivity contribution in [1.29, 1.82) is 0 Å². The molecule has 2 heterocycles. The average Bonchev–Trinajstić information content (AvgIpc) is 3.14. The van der Waals surface area contributed by atoms with Crippen molar-refractivity contribution in [1.82, 2.24) is 10.2 Å². The SMILES string of the molecule is O=C(NC1CCN(C(=O)Nc2ccccc2)CC1)c1ccc([N+](=O)[O-])s1. The van der Waals surface area contributed by atoms with E-state index in [-0.39, 0.29) is 23.0 Å². The Bertz CT molecular complexity index is 800. The number of thiophene rings is 1. The Kier molecular flexibility index (Phi) is 5.47. The summed E-state index contributed by atoms with van der Waals surface area (Å²) in [5.74, 6) is -0.310. The number of amides is 3. The molecule has 1 fully saturated rings. The Morgan fingerprint density at radius 3 is 2.42 bits per heavy atom. The monoisotopic (exact) mass is 374 g/mol. The van der Waals surface area contributed by atoms with Gasteiger partial charge in [-0.15, -0.1) is 0 Å². The standard InChI is InChI=1S/C17H18N4O4S/c22-16(14-6-7-15(26-14)21(24)25)18-13-8-10-20(11-9-13)17(23)19-12-4-2-1-3-5-12/h1-7,13H,8-11H2,(H,18,22)(H,19,23). The number of likely N-dealkylation sites (tertiary alicyclic amines) is 1. The van der Waals surface area contributed by atoms with Gasteiger partial charge in [-0.1, -0.05) is 29.5 Å². The summed E-state index contributed by atoms with van der Waals surface area (Å²) in [5, 5.41) is 16.4. The fraction of sp³-hybridized carbons (Fsp3) is 0.294. The van der Waals surface area contributed by atoms with E-state index in [4.69, 9.17) is 0 Å². The van der Waals surface area contributed by atoms with E-state index in [9.17, 15) is 19.7 Å². The summed E-state index contributed by atoms with van der Waals surface area (Å²) in [7, 11) is 0. The van der Waals surface area contributed by atoms with Crippen molar-refractivity contribution in [3.63, 3.8) is 0 Å². The maximum atomic E-state index is 12.2. The van der Waals surface area contributed by atoms with Gasteiger partial charge in [0.15, 0.2) is 0 Å². The first-order chi connectivity index (χ1) is 12.5. The zero-order valence-electron chi connectivity index (χ0n) is 13.9. The van der Waals surface area contributed by atoms with Crippen molar-refractivity contribution in [3.05, 3.63) is 57.5 Å². The van der Waals surface area contributed by atoms with Crippen molar-refractivity contribution >= 4 is 34.0 Å². The number of nitrogens with one attached hydrogen (secondary N) is 2. The number of carbonyl (C=O) groups excluding carboxylic acids is 2. The lowest BCUT2D eigenvalue weighted by Crippen LogP contribution is -2.47. The topological polar surface area (TPSA) is 105 Å². The molecule has 2 aromatic rings. The van der Waals surface area contributed by atoms with E-state index >= 15 is 0 Å². The van der Waals surface area contributed by atoms with Gasteiger partial charge in [0.1, 0.15) is 0 Å². The van der Waals surface area contributed by atoms with Crippen molar-refractivity contribution < 1.29 is 14.5 Å². The predicted octanol–water partition coefficient (Wildman–Crippen LogP) is 3.08. The highest BCUT2D eigenvalue weighted by Crippen LogP contribution is 2.24. The first kappa shape index (κ1) is 17.9. The van der Waals surface area contributed by atoms with Crippen LogP contribution >= 0.6 is 11.3 Å². The molecule has 3 rings (SSSR count). The van der Waals surface area contributed by atoms with E-state index in [1.807, 2.05) is 30.3 Å². The molecular formula is C17H18N4O4S. The van der Waals surface area contributed by atoms with Gasteiger partial charge in [0.05, 0.1) is 9.80 Å². The van der Waals surface area contributed by atoms with Crippen LogP contribution in [0.25, 0.3) is 0 Å². The Balaban J connectivity index is 1.48. The molecule has 1 saturated heterocycles. The number of carbonyl (C=O) groups is 2. The number of urea groups is 1. The van der Waals surface area contributed by atoms with Gasteiger partial charge in [0.2, 0.25) is 0 Å². The van der Waals surface area contributed by atoms with Crippen LogP contribution in [0.2, 0.25) is 0 Å². The highest BCUT2D eigenvalue weighted by Gasteiger charge is 2.25. The summed E-state index contributed by atoms with van der Waals surface area (Å²) in [6, 6.07) is 11.8. The van der Waals surface area contributed by atoms with Crippen LogP contribution in [-0.2, 0) is 0 Å². The predicted molar refractivity (Wildman–Crippen MR) is 98.5 cm³/mol. The fourth-order valence-corrected chi connectivity index (χ4v) is 3.48. The van der Waals surface area contributed by atoms with Gasteiger partial charge in [-0.2, -0.15) is 0 Å². The third kappa shape index (κ3) is 4.37. The second-order valence-electron chi connectivity index (χ2n) is 5.93. The molecule has 0 radical (unpaired) electrons. The zero-order valence-corrected chi connectivity index (χ0v) is 14.7. The molecule has 1 aromatic carbocycles. The molecule has 136 valence electrons. The number of para-hydroxylation sites is 1. The minimum atomic E-state index is -0.509. The molecule has 0 bridgehead atoms. The number of nitro groups is 1. The van der Waals surface area contributed by atoms with Crippen LogP contribution in [-0.4, -0.2) is 40.9 Å². The Labute approximate surface area is 154 Å². The number of hydrogen-bond acceptors (Lipinski definition) is 5. The van der Waals surface area contributed by atoms with E-state index in [0.717, 1.165) is 17.0 Å². The summed E-state index contributed by atoms with van der Waals surface area (Å²) in [6.45, 7) is 1.07. The fourth-order valence-electron chi connectivity index (χ4n) is 2.76. The first-order valence-corrected chi connectivity index (χ1v) is 9.00. The Morgan fingerprint density at radius 1 is 1.12 bits per heavy atom. The van der Waals surface area contributed by atoms with E-state index < -0.39 is 4.92 Å². The second-order valence-corrected chi connectivity index (χ2v) is 6.99. The van der Waals surface area contributed by atoms with Gasteiger partial charge in [-0.3, -0.25) is 14.9 Å². The van der Waals surface area contributed by atoms with Crippen LogP contribution in [0.15, 0.2) is 42.5 Å². The maximum Gasteiger partial charge on any atom is 0.324 e. The van der Waals surface area contributed by atoms with Crippen LogP contribution in [0.1, 0.15) is 22.5 Å². The molecule has 8 nitrogen and oxygen atoms in total. The number of rotatable bonds is 4. The average molecular weight is 374 g/mol. The molecule has 0 aliphatic carbocycles. The second kappa shape index (κ2) is 7.96. The van der Waals surface area contributed by atoms with Gasteiger partial charge in [-0.25, -0.2) is 4.79 Å². The Morgan fingerprint density at radius 2 is 1.81 bits per heavy atom. The molecule has 9 heteroatoms. The lowest BCUT2D eigenvalue weighted by molar-refractivity contribution is -0.380. The normalized spacial score (nSPS) is 14.7. The third-order valence-electron chi connectivity index (χ3n) is 4.14. The molecule has 0 spiro atoms.